The molecule has 0 bridgehead atoms. The zero-order valence-electron chi connectivity index (χ0n) is 17.4. The number of hydrogen-bond acceptors (Lipinski definition) is 5. The minimum Gasteiger partial charge on any atom is -0.449 e. The van der Waals surface area contributed by atoms with Gasteiger partial charge in [-0.3, -0.25) is 4.79 Å². The summed E-state index contributed by atoms with van der Waals surface area (Å²) in [5.74, 6) is -0.137. The van der Waals surface area contributed by atoms with Crippen LogP contribution in [0.25, 0.3) is 0 Å². The van der Waals surface area contributed by atoms with Gasteiger partial charge in [-0.1, -0.05) is 26.7 Å². The van der Waals surface area contributed by atoms with Gasteiger partial charge in [0.05, 0.1) is 6.61 Å². The van der Waals surface area contributed by atoms with Crippen molar-refractivity contribution in [2.45, 2.75) is 71.9 Å². The van der Waals surface area contributed by atoms with Crippen LogP contribution in [-0.2, 0) is 14.3 Å². The van der Waals surface area contributed by atoms with Crippen LogP contribution in [0.3, 0.4) is 0 Å². The molecule has 1 unspecified atom stereocenters. The molecule has 0 saturated carbocycles. The number of unbranched alkanes of at least 4 members (excludes halogenated alkanes) is 1. The molecular formula is C19H35N3O5. The second-order valence-corrected chi connectivity index (χ2v) is 7.77. The highest BCUT2D eigenvalue weighted by atomic mass is 16.6. The van der Waals surface area contributed by atoms with Gasteiger partial charge in [0.2, 0.25) is 5.91 Å². The Morgan fingerprint density at radius 2 is 1.59 bits per heavy atom. The number of nitrogens with one attached hydrogen (secondary N) is 1. The number of rotatable bonds is 7. The van der Waals surface area contributed by atoms with Crippen molar-refractivity contribution in [3.63, 3.8) is 0 Å². The lowest BCUT2D eigenvalue weighted by molar-refractivity contribution is -0.135. The van der Waals surface area contributed by atoms with Gasteiger partial charge in [-0.25, -0.2) is 9.59 Å². The third-order valence-corrected chi connectivity index (χ3v) is 4.14. The zero-order valence-corrected chi connectivity index (χ0v) is 17.4. The average molecular weight is 386 g/mol. The van der Waals surface area contributed by atoms with Crippen molar-refractivity contribution in [3.8, 4) is 0 Å². The quantitative estimate of drug-likeness (QED) is 0.681. The van der Waals surface area contributed by atoms with Gasteiger partial charge in [0.25, 0.3) is 0 Å². The molecule has 0 radical (unpaired) electrons. The number of nitrogens with zero attached hydrogens (tertiary/aromatic N) is 2. The van der Waals surface area contributed by atoms with Gasteiger partial charge < -0.3 is 24.6 Å². The lowest BCUT2D eigenvalue weighted by Gasteiger charge is -2.36. The highest BCUT2D eigenvalue weighted by molar-refractivity contribution is 5.86. The number of piperazine rings is 1. The van der Waals surface area contributed by atoms with E-state index in [0.29, 0.717) is 39.2 Å². The van der Waals surface area contributed by atoms with Gasteiger partial charge >= 0.3 is 12.2 Å². The summed E-state index contributed by atoms with van der Waals surface area (Å²) in [6.45, 7) is 11.5. The minimum absolute atomic E-state index is 0.137. The SMILES string of the molecule is CCCCOC(=O)N1CCN(C(=O)C(CCC)NC(=O)OC(C)(C)C)CC1. The van der Waals surface area contributed by atoms with E-state index in [-0.39, 0.29) is 12.0 Å². The third-order valence-electron chi connectivity index (χ3n) is 4.14. The molecule has 1 aliphatic heterocycles. The largest absolute Gasteiger partial charge is 0.449 e. The highest BCUT2D eigenvalue weighted by Gasteiger charge is 2.31. The fraction of sp³-hybridized carbons (Fsp3) is 0.842. The van der Waals surface area contributed by atoms with Crippen LogP contribution in [-0.4, -0.2) is 72.3 Å². The van der Waals surface area contributed by atoms with Crippen molar-refractivity contribution >= 4 is 18.1 Å². The van der Waals surface area contributed by atoms with E-state index in [1.807, 2.05) is 13.8 Å². The van der Waals surface area contributed by atoms with Gasteiger partial charge in [0.15, 0.2) is 0 Å². The Kier molecular flexibility index (Phi) is 9.38. The molecule has 1 saturated heterocycles. The van der Waals surface area contributed by atoms with Gasteiger partial charge in [-0.15, -0.1) is 0 Å². The Hall–Kier alpha value is -1.99. The van der Waals surface area contributed by atoms with E-state index in [1.165, 1.54) is 0 Å². The van der Waals surface area contributed by atoms with Crippen LogP contribution >= 0.6 is 0 Å². The first-order valence-corrected chi connectivity index (χ1v) is 9.88. The van der Waals surface area contributed by atoms with Crippen molar-refractivity contribution in [2.24, 2.45) is 0 Å². The number of carbonyl (C=O) groups excluding carboxylic acids is 3. The monoisotopic (exact) mass is 385 g/mol. The Morgan fingerprint density at radius 3 is 2.11 bits per heavy atom. The number of amides is 3. The standard InChI is InChI=1S/C19H35N3O5/c1-6-8-14-26-18(25)22-12-10-21(11-13-22)16(23)15(9-7-2)20-17(24)27-19(3,4)5/h15H,6-14H2,1-5H3,(H,20,24). The molecule has 0 aromatic carbocycles. The molecule has 0 aliphatic carbocycles. The van der Waals surface area contributed by atoms with E-state index in [0.717, 1.165) is 19.3 Å². The second kappa shape index (κ2) is 11.0. The number of alkyl carbamates (subject to hydrolysis) is 1. The summed E-state index contributed by atoms with van der Waals surface area (Å²) < 4.78 is 10.5. The van der Waals surface area contributed by atoms with Crippen molar-refractivity contribution in [1.82, 2.24) is 15.1 Å². The van der Waals surface area contributed by atoms with Crippen LogP contribution in [0.4, 0.5) is 9.59 Å². The lowest BCUT2D eigenvalue weighted by atomic mass is 10.1. The summed E-state index contributed by atoms with van der Waals surface area (Å²) in [6, 6.07) is -0.618. The molecule has 8 heteroatoms. The Balaban J connectivity index is 2.53. The smallest absolute Gasteiger partial charge is 0.409 e. The predicted molar refractivity (Wildman–Crippen MR) is 102 cm³/mol. The number of carbonyl (C=O) groups is 3. The zero-order chi connectivity index (χ0) is 20.4. The highest BCUT2D eigenvalue weighted by Crippen LogP contribution is 2.11. The Labute approximate surface area is 162 Å². The van der Waals surface area contributed by atoms with Crippen LogP contribution in [0.5, 0.6) is 0 Å². The van der Waals surface area contributed by atoms with Crippen LogP contribution in [0.2, 0.25) is 0 Å². The normalized spacial score (nSPS) is 15.9. The van der Waals surface area contributed by atoms with Crippen molar-refractivity contribution in [1.29, 1.82) is 0 Å². The molecule has 1 heterocycles. The van der Waals surface area contributed by atoms with Crippen LogP contribution in [0.1, 0.15) is 60.3 Å². The van der Waals surface area contributed by atoms with E-state index in [2.05, 4.69) is 5.32 Å². The number of hydrogen-bond donors (Lipinski definition) is 1. The topological polar surface area (TPSA) is 88.2 Å². The van der Waals surface area contributed by atoms with Gasteiger partial charge in [-0.05, 0) is 33.6 Å². The van der Waals surface area contributed by atoms with Crippen molar-refractivity contribution < 1.29 is 23.9 Å². The molecule has 0 spiro atoms. The van der Waals surface area contributed by atoms with E-state index >= 15 is 0 Å². The molecule has 156 valence electrons. The summed E-state index contributed by atoms with van der Waals surface area (Å²) in [7, 11) is 0. The third kappa shape index (κ3) is 8.49. The van der Waals surface area contributed by atoms with Crippen molar-refractivity contribution in [3.05, 3.63) is 0 Å². The molecule has 1 N–H and O–H groups in total. The molecule has 8 nitrogen and oxygen atoms in total. The number of ether oxygens (including phenoxy) is 2. The van der Waals surface area contributed by atoms with Crippen LogP contribution < -0.4 is 5.32 Å². The van der Waals surface area contributed by atoms with Gasteiger partial charge in [-0.2, -0.15) is 0 Å². The second-order valence-electron chi connectivity index (χ2n) is 7.77. The molecular weight excluding hydrogens is 350 g/mol. The van der Waals surface area contributed by atoms with E-state index in [9.17, 15) is 14.4 Å². The first-order chi connectivity index (χ1) is 12.7. The fourth-order valence-electron chi connectivity index (χ4n) is 2.72. The fourth-order valence-corrected chi connectivity index (χ4v) is 2.72. The predicted octanol–water partition coefficient (Wildman–Crippen LogP) is 2.76. The lowest BCUT2D eigenvalue weighted by Crippen LogP contribution is -2.56. The van der Waals surface area contributed by atoms with E-state index < -0.39 is 17.7 Å². The average Bonchev–Trinajstić information content (AvgIpc) is 2.59. The summed E-state index contributed by atoms with van der Waals surface area (Å²) in [6.07, 6.45) is 2.20. The Bertz CT molecular complexity index is 496. The molecule has 1 fully saturated rings. The molecule has 0 aromatic rings. The molecule has 1 aliphatic rings. The van der Waals surface area contributed by atoms with E-state index in [1.54, 1.807) is 30.6 Å². The van der Waals surface area contributed by atoms with Crippen molar-refractivity contribution in [2.75, 3.05) is 32.8 Å². The molecule has 1 atom stereocenters. The molecule has 1 rings (SSSR count). The molecule has 27 heavy (non-hydrogen) atoms. The molecule has 0 aromatic heterocycles. The summed E-state index contributed by atoms with van der Waals surface area (Å²) in [5.41, 5.74) is -0.617. The molecule has 3 amide bonds. The van der Waals surface area contributed by atoms with Gasteiger partial charge in [0, 0.05) is 26.2 Å². The Morgan fingerprint density at radius 1 is 1.00 bits per heavy atom. The van der Waals surface area contributed by atoms with E-state index in [4.69, 9.17) is 9.47 Å². The summed E-state index contributed by atoms with van der Waals surface area (Å²) in [4.78, 5) is 40.1. The van der Waals surface area contributed by atoms with Crippen LogP contribution in [0, 0.1) is 0 Å². The maximum absolute atomic E-state index is 12.8. The summed E-state index contributed by atoms with van der Waals surface area (Å²) in [5, 5.41) is 2.68. The van der Waals surface area contributed by atoms with Gasteiger partial charge in [0.1, 0.15) is 11.6 Å². The first-order valence-electron chi connectivity index (χ1n) is 9.88. The summed E-state index contributed by atoms with van der Waals surface area (Å²) >= 11 is 0. The minimum atomic E-state index is -0.618. The van der Waals surface area contributed by atoms with Crippen LogP contribution in [0.15, 0.2) is 0 Å². The first kappa shape index (κ1) is 23.0. The maximum Gasteiger partial charge on any atom is 0.409 e. The maximum atomic E-state index is 12.8.